The molecule has 0 bridgehead atoms. The highest BCUT2D eigenvalue weighted by atomic mass is 19.4. The van der Waals surface area contributed by atoms with Crippen LogP contribution in [-0.4, -0.2) is 18.0 Å². The van der Waals surface area contributed by atoms with Crippen LogP contribution in [0.4, 0.5) is 18.9 Å². The van der Waals surface area contributed by atoms with Gasteiger partial charge in [0.15, 0.2) is 6.10 Å². The first kappa shape index (κ1) is 18.0. The van der Waals surface area contributed by atoms with Crippen molar-refractivity contribution in [1.82, 2.24) is 0 Å². The molecule has 0 unspecified atom stereocenters. The van der Waals surface area contributed by atoms with Crippen molar-refractivity contribution < 1.29 is 27.5 Å². The molecule has 0 saturated heterocycles. The van der Waals surface area contributed by atoms with Crippen LogP contribution in [0.1, 0.15) is 31.7 Å². The van der Waals surface area contributed by atoms with Gasteiger partial charge >= 0.3 is 12.1 Å². The number of esters is 1. The summed E-state index contributed by atoms with van der Waals surface area (Å²) in [6, 6.07) is 4.05. The number of allylic oxidation sites excluding steroid dienone is 2. The SMILES string of the molecule is C[C@H](OC(=O)C[C@H]1C=CCC1)C(=O)Nc1ccc(C(F)(F)F)cc1. The average Bonchev–Trinajstić information content (AvgIpc) is 2.99. The van der Waals surface area contributed by atoms with Crippen molar-refractivity contribution in [2.75, 3.05) is 5.32 Å². The zero-order valence-corrected chi connectivity index (χ0v) is 13.1. The zero-order valence-electron chi connectivity index (χ0n) is 13.1. The second-order valence-electron chi connectivity index (χ2n) is 5.67. The Hall–Kier alpha value is -2.31. The van der Waals surface area contributed by atoms with E-state index in [0.717, 1.165) is 37.1 Å². The highest BCUT2D eigenvalue weighted by Gasteiger charge is 2.30. The Morgan fingerprint density at radius 3 is 2.50 bits per heavy atom. The fourth-order valence-corrected chi connectivity index (χ4v) is 2.36. The van der Waals surface area contributed by atoms with Crippen molar-refractivity contribution in [2.45, 2.75) is 38.5 Å². The number of halogens is 3. The maximum atomic E-state index is 12.5. The van der Waals surface area contributed by atoms with Crippen LogP contribution in [-0.2, 0) is 20.5 Å². The number of carbonyl (C=O) groups is 2. The van der Waals surface area contributed by atoms with Crippen LogP contribution in [0.15, 0.2) is 36.4 Å². The fourth-order valence-electron chi connectivity index (χ4n) is 2.36. The Kier molecular flexibility index (Phi) is 5.64. The van der Waals surface area contributed by atoms with Gasteiger partial charge in [0.1, 0.15) is 0 Å². The number of nitrogens with one attached hydrogen (secondary N) is 1. The third kappa shape index (κ3) is 5.11. The van der Waals surface area contributed by atoms with E-state index in [-0.39, 0.29) is 18.0 Å². The molecule has 0 fully saturated rings. The number of hydrogen-bond acceptors (Lipinski definition) is 3. The minimum atomic E-state index is -4.43. The van der Waals surface area contributed by atoms with Crippen LogP contribution in [0.2, 0.25) is 0 Å². The zero-order chi connectivity index (χ0) is 17.7. The van der Waals surface area contributed by atoms with Gasteiger partial charge in [-0.2, -0.15) is 13.2 Å². The number of alkyl halides is 3. The maximum absolute atomic E-state index is 12.5. The van der Waals surface area contributed by atoms with Gasteiger partial charge in [-0.25, -0.2) is 0 Å². The third-order valence-corrected chi connectivity index (χ3v) is 3.70. The molecule has 0 aromatic heterocycles. The molecule has 7 heteroatoms. The lowest BCUT2D eigenvalue weighted by molar-refractivity contribution is -0.153. The summed E-state index contributed by atoms with van der Waals surface area (Å²) in [5.74, 6) is -0.922. The van der Waals surface area contributed by atoms with E-state index in [1.165, 1.54) is 6.92 Å². The number of rotatable bonds is 5. The van der Waals surface area contributed by atoms with E-state index in [2.05, 4.69) is 5.32 Å². The molecule has 4 nitrogen and oxygen atoms in total. The second kappa shape index (κ2) is 7.51. The summed E-state index contributed by atoms with van der Waals surface area (Å²) >= 11 is 0. The minimum Gasteiger partial charge on any atom is -0.453 e. The summed E-state index contributed by atoms with van der Waals surface area (Å²) in [5, 5.41) is 2.42. The van der Waals surface area contributed by atoms with Crippen molar-refractivity contribution in [3.63, 3.8) is 0 Å². The maximum Gasteiger partial charge on any atom is 0.416 e. The molecule has 1 amide bonds. The molecule has 1 N–H and O–H groups in total. The molecule has 1 aliphatic carbocycles. The molecular formula is C17H18F3NO3. The molecule has 0 saturated carbocycles. The monoisotopic (exact) mass is 341 g/mol. The van der Waals surface area contributed by atoms with Gasteiger partial charge < -0.3 is 10.1 Å². The molecular weight excluding hydrogens is 323 g/mol. The first-order valence-corrected chi connectivity index (χ1v) is 7.60. The third-order valence-electron chi connectivity index (χ3n) is 3.70. The van der Waals surface area contributed by atoms with E-state index in [1.54, 1.807) is 0 Å². The number of amides is 1. The van der Waals surface area contributed by atoms with Gasteiger partial charge in [0.2, 0.25) is 0 Å². The fraction of sp³-hybridized carbons (Fsp3) is 0.412. The highest BCUT2D eigenvalue weighted by Crippen LogP contribution is 2.29. The van der Waals surface area contributed by atoms with Gasteiger partial charge in [0.05, 0.1) is 12.0 Å². The smallest absolute Gasteiger partial charge is 0.416 e. The largest absolute Gasteiger partial charge is 0.453 e. The van der Waals surface area contributed by atoms with Gasteiger partial charge in [-0.3, -0.25) is 9.59 Å². The molecule has 2 atom stereocenters. The average molecular weight is 341 g/mol. The molecule has 0 aliphatic heterocycles. The summed E-state index contributed by atoms with van der Waals surface area (Å²) in [4.78, 5) is 23.7. The Labute approximate surface area is 137 Å². The minimum absolute atomic E-state index is 0.141. The van der Waals surface area contributed by atoms with Crippen LogP contribution in [0, 0.1) is 5.92 Å². The van der Waals surface area contributed by atoms with Gasteiger partial charge in [-0.15, -0.1) is 0 Å². The van der Waals surface area contributed by atoms with Gasteiger partial charge in [-0.05, 0) is 49.9 Å². The Morgan fingerprint density at radius 2 is 1.96 bits per heavy atom. The highest BCUT2D eigenvalue weighted by molar-refractivity contribution is 5.95. The summed E-state index contributed by atoms with van der Waals surface area (Å²) < 4.78 is 42.5. The molecule has 0 spiro atoms. The number of carbonyl (C=O) groups excluding carboxylic acids is 2. The second-order valence-corrected chi connectivity index (χ2v) is 5.67. The lowest BCUT2D eigenvalue weighted by Crippen LogP contribution is -2.30. The normalized spacial score (nSPS) is 18.2. The van der Waals surface area contributed by atoms with Crippen LogP contribution >= 0.6 is 0 Å². The lowest BCUT2D eigenvalue weighted by Gasteiger charge is -2.15. The van der Waals surface area contributed by atoms with Crippen LogP contribution in [0.5, 0.6) is 0 Å². The van der Waals surface area contributed by atoms with E-state index >= 15 is 0 Å². The molecule has 0 heterocycles. The van der Waals surface area contributed by atoms with Crippen molar-refractivity contribution in [2.24, 2.45) is 5.92 Å². The predicted octanol–water partition coefficient (Wildman–Crippen LogP) is 3.93. The van der Waals surface area contributed by atoms with E-state index in [1.807, 2.05) is 12.2 Å². The lowest BCUT2D eigenvalue weighted by atomic mass is 10.1. The molecule has 1 aromatic carbocycles. The molecule has 24 heavy (non-hydrogen) atoms. The van der Waals surface area contributed by atoms with Gasteiger partial charge in [-0.1, -0.05) is 12.2 Å². The van der Waals surface area contributed by atoms with Crippen molar-refractivity contribution in [3.05, 3.63) is 42.0 Å². The quantitative estimate of drug-likeness (QED) is 0.652. The summed E-state index contributed by atoms with van der Waals surface area (Å²) in [6.07, 6.45) is 0.537. The van der Waals surface area contributed by atoms with Crippen LogP contribution < -0.4 is 5.32 Å². The number of ether oxygens (including phenoxy) is 1. The summed E-state index contributed by atoms with van der Waals surface area (Å²) in [6.45, 7) is 1.42. The number of anilines is 1. The molecule has 1 aromatic rings. The summed E-state index contributed by atoms with van der Waals surface area (Å²) in [7, 11) is 0. The first-order valence-electron chi connectivity index (χ1n) is 7.60. The molecule has 2 rings (SSSR count). The summed E-state index contributed by atoms with van der Waals surface area (Å²) in [5.41, 5.74) is -0.598. The number of hydrogen-bond donors (Lipinski definition) is 1. The van der Waals surface area contributed by atoms with Gasteiger partial charge in [0, 0.05) is 5.69 Å². The Balaban J connectivity index is 1.84. The van der Waals surface area contributed by atoms with Crippen LogP contribution in [0.3, 0.4) is 0 Å². The van der Waals surface area contributed by atoms with Crippen molar-refractivity contribution >= 4 is 17.6 Å². The van der Waals surface area contributed by atoms with Crippen LogP contribution in [0.25, 0.3) is 0 Å². The Bertz CT molecular complexity index is 623. The molecule has 130 valence electrons. The van der Waals surface area contributed by atoms with E-state index in [0.29, 0.717) is 0 Å². The Morgan fingerprint density at radius 1 is 1.29 bits per heavy atom. The predicted molar refractivity (Wildman–Crippen MR) is 82.1 cm³/mol. The topological polar surface area (TPSA) is 55.4 Å². The first-order chi connectivity index (χ1) is 11.3. The van der Waals surface area contributed by atoms with Crippen molar-refractivity contribution in [1.29, 1.82) is 0 Å². The van der Waals surface area contributed by atoms with Gasteiger partial charge in [0.25, 0.3) is 5.91 Å². The van der Waals surface area contributed by atoms with E-state index in [9.17, 15) is 22.8 Å². The standard InChI is InChI=1S/C17H18F3NO3/c1-11(24-15(22)10-12-4-2-3-5-12)16(23)21-14-8-6-13(7-9-14)17(18,19)20/h2,4,6-9,11-12H,3,5,10H2,1H3,(H,21,23)/t11-,12-/m0/s1. The molecule has 0 radical (unpaired) electrons. The number of benzene rings is 1. The van der Waals surface area contributed by atoms with Crippen molar-refractivity contribution in [3.8, 4) is 0 Å². The van der Waals surface area contributed by atoms with E-state index in [4.69, 9.17) is 4.74 Å². The van der Waals surface area contributed by atoms with E-state index < -0.39 is 29.7 Å². The molecule has 1 aliphatic rings.